The third kappa shape index (κ3) is 8.04. The van der Waals surface area contributed by atoms with E-state index in [2.05, 4.69) is 0 Å². The van der Waals surface area contributed by atoms with Gasteiger partial charge in [-0.05, 0) is 43.9 Å². The van der Waals surface area contributed by atoms with Crippen LogP contribution in [0.2, 0.25) is 10.0 Å². The van der Waals surface area contributed by atoms with Gasteiger partial charge < -0.3 is 15.3 Å². The van der Waals surface area contributed by atoms with Crippen LogP contribution in [0.15, 0.2) is 18.2 Å². The molecule has 0 aliphatic heterocycles. The van der Waals surface area contributed by atoms with Crippen LogP contribution in [0, 0.1) is 0 Å². The molecule has 2 unspecified atom stereocenters. The number of carboxylic acid groups (broad SMARTS) is 1. The summed E-state index contributed by atoms with van der Waals surface area (Å²) in [5.74, 6) is -1.91. The standard InChI is InChI=1S/C19H26Cl2O5/c1-13(22)11-19(26,18(24)25)12-16(23)7-5-3-2-4-6-14-8-9-15(20)10-17(14)21/h8-10,16,23,26H,2-7,11-12H2,1H3,(H,24,25). The van der Waals surface area contributed by atoms with Crippen molar-refractivity contribution in [1.29, 1.82) is 0 Å². The number of halogens is 2. The molecule has 0 aliphatic carbocycles. The number of unbranched alkanes of at least 4 members (excludes halogenated alkanes) is 3. The highest BCUT2D eigenvalue weighted by Crippen LogP contribution is 2.24. The van der Waals surface area contributed by atoms with Crippen molar-refractivity contribution in [3.63, 3.8) is 0 Å². The number of hydrogen-bond acceptors (Lipinski definition) is 4. The molecule has 5 nitrogen and oxygen atoms in total. The summed E-state index contributed by atoms with van der Waals surface area (Å²) in [5, 5.41) is 30.4. The lowest BCUT2D eigenvalue weighted by molar-refractivity contribution is -0.164. The van der Waals surface area contributed by atoms with Crippen molar-refractivity contribution >= 4 is 35.0 Å². The molecule has 1 aromatic rings. The molecule has 0 amide bonds. The Balaban J connectivity index is 2.28. The van der Waals surface area contributed by atoms with Gasteiger partial charge in [-0.3, -0.25) is 4.79 Å². The summed E-state index contributed by atoms with van der Waals surface area (Å²) < 4.78 is 0. The number of ketones is 1. The van der Waals surface area contributed by atoms with E-state index in [1.165, 1.54) is 6.92 Å². The Labute approximate surface area is 163 Å². The number of carbonyl (C=O) groups excluding carboxylic acids is 1. The van der Waals surface area contributed by atoms with Gasteiger partial charge in [-0.2, -0.15) is 0 Å². The van der Waals surface area contributed by atoms with Crippen molar-refractivity contribution in [1.82, 2.24) is 0 Å². The summed E-state index contributed by atoms with van der Waals surface area (Å²) in [6.07, 6.45) is 2.91. The first kappa shape index (κ1) is 22.9. The Morgan fingerprint density at radius 3 is 2.38 bits per heavy atom. The molecule has 1 rings (SSSR count). The number of benzene rings is 1. The van der Waals surface area contributed by atoms with Crippen LogP contribution in [0.5, 0.6) is 0 Å². The summed E-state index contributed by atoms with van der Waals surface area (Å²) >= 11 is 12.0. The lowest BCUT2D eigenvalue weighted by Crippen LogP contribution is -2.43. The number of aryl methyl sites for hydroxylation is 1. The summed E-state index contributed by atoms with van der Waals surface area (Å²) in [5.41, 5.74) is -1.15. The fourth-order valence-electron chi connectivity index (χ4n) is 2.91. The van der Waals surface area contributed by atoms with Gasteiger partial charge in [0.15, 0.2) is 5.60 Å². The summed E-state index contributed by atoms with van der Waals surface area (Å²) in [6, 6.07) is 5.44. The highest BCUT2D eigenvalue weighted by atomic mass is 35.5. The third-order valence-electron chi connectivity index (χ3n) is 4.26. The molecule has 7 heteroatoms. The van der Waals surface area contributed by atoms with Crippen LogP contribution in [-0.2, 0) is 16.0 Å². The molecule has 0 fully saturated rings. The van der Waals surface area contributed by atoms with Gasteiger partial charge in [-0.15, -0.1) is 0 Å². The van der Waals surface area contributed by atoms with Gasteiger partial charge in [0, 0.05) is 22.9 Å². The van der Waals surface area contributed by atoms with Crippen molar-refractivity contribution in [2.24, 2.45) is 0 Å². The quantitative estimate of drug-likeness (QED) is 0.457. The summed E-state index contributed by atoms with van der Waals surface area (Å²) in [4.78, 5) is 22.3. The number of carboxylic acids is 1. The average Bonchev–Trinajstić information content (AvgIpc) is 2.51. The van der Waals surface area contributed by atoms with E-state index in [0.29, 0.717) is 22.9 Å². The molecular formula is C19H26Cl2O5. The molecule has 3 N–H and O–H groups in total. The first-order chi connectivity index (χ1) is 12.1. The smallest absolute Gasteiger partial charge is 0.336 e. The topological polar surface area (TPSA) is 94.8 Å². The highest BCUT2D eigenvalue weighted by Gasteiger charge is 2.39. The Morgan fingerprint density at radius 2 is 1.81 bits per heavy atom. The number of rotatable bonds is 12. The SMILES string of the molecule is CC(=O)CC(O)(CC(O)CCCCCCc1ccc(Cl)cc1Cl)C(=O)O. The predicted octanol–water partition coefficient (Wildman–Crippen LogP) is 4.03. The molecule has 0 radical (unpaired) electrons. The fraction of sp³-hybridized carbons (Fsp3) is 0.579. The van der Waals surface area contributed by atoms with Crippen LogP contribution in [0.1, 0.15) is 57.4 Å². The molecule has 26 heavy (non-hydrogen) atoms. The molecular weight excluding hydrogens is 379 g/mol. The van der Waals surface area contributed by atoms with Crippen LogP contribution < -0.4 is 0 Å². The van der Waals surface area contributed by atoms with Crippen LogP contribution in [0.25, 0.3) is 0 Å². The second-order valence-corrected chi connectivity index (χ2v) is 7.61. The fourth-order valence-corrected chi connectivity index (χ4v) is 3.42. The first-order valence-corrected chi connectivity index (χ1v) is 9.47. The number of aliphatic hydroxyl groups is 2. The van der Waals surface area contributed by atoms with Gasteiger partial charge in [0.1, 0.15) is 5.78 Å². The zero-order valence-electron chi connectivity index (χ0n) is 14.9. The molecule has 2 atom stereocenters. The molecule has 1 aromatic carbocycles. The van der Waals surface area contributed by atoms with E-state index in [0.717, 1.165) is 31.2 Å². The molecule has 0 heterocycles. The maximum atomic E-state index is 11.2. The van der Waals surface area contributed by atoms with E-state index in [1.807, 2.05) is 12.1 Å². The minimum absolute atomic E-state index is 0.345. The number of carbonyl (C=O) groups is 2. The van der Waals surface area contributed by atoms with Gasteiger partial charge in [-0.25, -0.2) is 4.79 Å². The Morgan fingerprint density at radius 1 is 1.15 bits per heavy atom. The van der Waals surface area contributed by atoms with E-state index >= 15 is 0 Å². The minimum atomic E-state index is -2.20. The Hall–Kier alpha value is -1.14. The lowest BCUT2D eigenvalue weighted by Gasteiger charge is -2.25. The maximum absolute atomic E-state index is 11.2. The monoisotopic (exact) mass is 404 g/mol. The van der Waals surface area contributed by atoms with Crippen molar-refractivity contribution in [3.05, 3.63) is 33.8 Å². The van der Waals surface area contributed by atoms with Gasteiger partial charge in [0.25, 0.3) is 0 Å². The van der Waals surface area contributed by atoms with Gasteiger partial charge >= 0.3 is 5.97 Å². The van der Waals surface area contributed by atoms with Gasteiger partial charge in [0.2, 0.25) is 0 Å². The van der Waals surface area contributed by atoms with Gasteiger partial charge in [0.05, 0.1) is 6.10 Å². The molecule has 146 valence electrons. The van der Waals surface area contributed by atoms with Crippen LogP contribution >= 0.6 is 23.2 Å². The largest absolute Gasteiger partial charge is 0.479 e. The van der Waals surface area contributed by atoms with E-state index in [4.69, 9.17) is 28.3 Å². The number of aliphatic carboxylic acids is 1. The van der Waals surface area contributed by atoms with E-state index < -0.39 is 29.9 Å². The molecule has 0 bridgehead atoms. The van der Waals surface area contributed by atoms with Crippen molar-refractivity contribution in [2.45, 2.75) is 70.0 Å². The highest BCUT2D eigenvalue weighted by molar-refractivity contribution is 6.35. The van der Waals surface area contributed by atoms with E-state index in [-0.39, 0.29) is 6.42 Å². The second kappa shape index (κ2) is 10.9. The zero-order valence-corrected chi connectivity index (χ0v) is 16.4. The normalized spacial score (nSPS) is 14.7. The molecule has 0 saturated heterocycles. The summed E-state index contributed by atoms with van der Waals surface area (Å²) in [7, 11) is 0. The average molecular weight is 405 g/mol. The number of aliphatic hydroxyl groups excluding tert-OH is 1. The number of Topliss-reactive ketones (excluding diaryl/α,β-unsaturated/α-hetero) is 1. The van der Waals surface area contributed by atoms with E-state index in [1.54, 1.807) is 6.07 Å². The van der Waals surface area contributed by atoms with Crippen LogP contribution in [0.3, 0.4) is 0 Å². The number of hydrogen-bond donors (Lipinski definition) is 3. The zero-order chi connectivity index (χ0) is 19.7. The maximum Gasteiger partial charge on any atom is 0.336 e. The van der Waals surface area contributed by atoms with Crippen molar-refractivity contribution < 1.29 is 24.9 Å². The first-order valence-electron chi connectivity index (χ1n) is 8.71. The summed E-state index contributed by atoms with van der Waals surface area (Å²) in [6.45, 7) is 1.22. The van der Waals surface area contributed by atoms with Crippen molar-refractivity contribution in [2.75, 3.05) is 0 Å². The van der Waals surface area contributed by atoms with Crippen molar-refractivity contribution in [3.8, 4) is 0 Å². The Kier molecular flexibility index (Phi) is 9.58. The molecule has 0 saturated carbocycles. The molecule has 0 aliphatic rings. The molecule has 0 spiro atoms. The molecule has 0 aromatic heterocycles. The van der Waals surface area contributed by atoms with Gasteiger partial charge in [-0.1, -0.05) is 48.5 Å². The van der Waals surface area contributed by atoms with Crippen LogP contribution in [0.4, 0.5) is 0 Å². The lowest BCUT2D eigenvalue weighted by atomic mass is 9.89. The second-order valence-electron chi connectivity index (χ2n) is 6.76. The van der Waals surface area contributed by atoms with Crippen LogP contribution in [-0.4, -0.2) is 38.8 Å². The van der Waals surface area contributed by atoms with E-state index in [9.17, 15) is 19.8 Å². The third-order valence-corrected chi connectivity index (χ3v) is 4.85. The Bertz CT molecular complexity index is 620. The predicted molar refractivity (Wildman–Crippen MR) is 102 cm³/mol. The minimum Gasteiger partial charge on any atom is -0.479 e.